The average Bonchev–Trinajstić information content (AvgIpc) is 3.25. The summed E-state index contributed by atoms with van der Waals surface area (Å²) >= 11 is 0. The highest BCUT2D eigenvalue weighted by Gasteiger charge is 2.35. The maximum absolute atomic E-state index is 10.3. The highest BCUT2D eigenvalue weighted by atomic mass is 16.3. The van der Waals surface area contributed by atoms with Crippen molar-refractivity contribution < 1.29 is 5.11 Å². The van der Waals surface area contributed by atoms with Crippen LogP contribution < -0.4 is 0 Å². The van der Waals surface area contributed by atoms with Crippen LogP contribution in [0.3, 0.4) is 0 Å². The molecule has 0 radical (unpaired) electrons. The fourth-order valence-corrected chi connectivity index (χ4v) is 3.64. The van der Waals surface area contributed by atoms with Crippen LogP contribution in [0.4, 0.5) is 0 Å². The molecule has 1 aromatic carbocycles. The Hall–Kier alpha value is -0.980. The quantitative estimate of drug-likeness (QED) is 0.413. The maximum atomic E-state index is 10.3. The van der Waals surface area contributed by atoms with Gasteiger partial charge in [0.25, 0.3) is 0 Å². The summed E-state index contributed by atoms with van der Waals surface area (Å²) in [6.45, 7) is 9.36. The van der Waals surface area contributed by atoms with Gasteiger partial charge in [-0.05, 0) is 79.4 Å². The molecule has 1 N–H and O–H groups in total. The Bertz CT molecular complexity index is 519. The van der Waals surface area contributed by atoms with E-state index < -0.39 is 0 Å². The summed E-state index contributed by atoms with van der Waals surface area (Å²) in [7, 11) is 0. The molecule has 0 unspecified atom stereocenters. The van der Waals surface area contributed by atoms with Gasteiger partial charge in [-0.3, -0.25) is 0 Å². The van der Waals surface area contributed by atoms with Gasteiger partial charge in [-0.2, -0.15) is 0 Å². The molecule has 1 nitrogen and oxygen atoms in total. The number of rotatable bonds is 11. The Morgan fingerprint density at radius 2 is 1.60 bits per heavy atom. The summed E-state index contributed by atoms with van der Waals surface area (Å²) in [5, 5.41) is 10.3. The molecular formula is C24H40O. The van der Waals surface area contributed by atoms with E-state index in [-0.39, 0.29) is 0 Å². The molecule has 1 aliphatic carbocycles. The van der Waals surface area contributed by atoms with E-state index in [1.165, 1.54) is 69.8 Å². The lowest BCUT2D eigenvalue weighted by atomic mass is 9.89. The van der Waals surface area contributed by atoms with Gasteiger partial charge in [0.15, 0.2) is 0 Å². The summed E-state index contributed by atoms with van der Waals surface area (Å²) in [6.07, 6.45) is 15.4. The molecule has 0 atom stereocenters. The van der Waals surface area contributed by atoms with Crippen LogP contribution in [-0.2, 0) is 12.8 Å². The van der Waals surface area contributed by atoms with Crippen LogP contribution in [0.2, 0.25) is 0 Å². The average molecular weight is 345 g/mol. The second kappa shape index (κ2) is 9.10. The first-order valence-electron chi connectivity index (χ1n) is 10.6. The second-order valence-corrected chi connectivity index (χ2v) is 9.96. The number of unbranched alkanes of at least 4 members (excludes halogenated alkanes) is 4. The third-order valence-corrected chi connectivity index (χ3v) is 5.87. The molecule has 0 amide bonds. The first-order valence-corrected chi connectivity index (χ1v) is 10.6. The van der Waals surface area contributed by atoms with Gasteiger partial charge in [0.2, 0.25) is 0 Å². The molecule has 0 saturated heterocycles. The molecule has 25 heavy (non-hydrogen) atoms. The van der Waals surface area contributed by atoms with E-state index in [0.717, 1.165) is 18.4 Å². The third kappa shape index (κ3) is 8.29. The molecule has 1 saturated carbocycles. The molecule has 1 aromatic rings. The topological polar surface area (TPSA) is 20.2 Å². The monoisotopic (exact) mass is 344 g/mol. The van der Waals surface area contributed by atoms with Crippen LogP contribution in [-0.4, -0.2) is 5.11 Å². The molecule has 0 spiro atoms. The zero-order valence-corrected chi connectivity index (χ0v) is 17.2. The van der Waals surface area contributed by atoms with E-state index in [1.807, 2.05) is 6.07 Å². The molecule has 1 heteroatoms. The Kier molecular flexibility index (Phi) is 7.40. The van der Waals surface area contributed by atoms with E-state index in [9.17, 15) is 5.11 Å². The molecule has 0 aromatic heterocycles. The lowest BCUT2D eigenvalue weighted by Gasteiger charge is -2.17. The number of phenolic OH excluding ortho intramolecular Hbond substituents is 1. The minimum absolute atomic E-state index is 0.455. The van der Waals surface area contributed by atoms with Gasteiger partial charge in [0.05, 0.1) is 0 Å². The van der Waals surface area contributed by atoms with Crippen molar-refractivity contribution in [3.05, 3.63) is 29.3 Å². The summed E-state index contributed by atoms with van der Waals surface area (Å²) in [5.74, 6) is 0.515. The molecule has 0 aliphatic heterocycles. The van der Waals surface area contributed by atoms with Crippen molar-refractivity contribution in [1.29, 1.82) is 0 Å². The van der Waals surface area contributed by atoms with Crippen LogP contribution in [0.5, 0.6) is 5.75 Å². The van der Waals surface area contributed by atoms with E-state index in [0.29, 0.717) is 16.6 Å². The van der Waals surface area contributed by atoms with Gasteiger partial charge in [-0.15, -0.1) is 0 Å². The molecule has 1 aliphatic rings. The standard InChI is InChI=1S/C24H40O/c1-23(2,3)15-9-5-7-11-20-13-14-21(22(25)19-20)12-8-6-10-16-24(4)17-18-24/h13-14,19,25H,5-12,15-18H2,1-4H3. The summed E-state index contributed by atoms with van der Waals surface area (Å²) in [6, 6.07) is 6.39. The van der Waals surface area contributed by atoms with Crippen LogP contribution in [0.25, 0.3) is 0 Å². The summed E-state index contributed by atoms with van der Waals surface area (Å²) in [5.41, 5.74) is 3.57. The number of aryl methyl sites for hydroxylation is 2. The number of benzene rings is 1. The zero-order valence-electron chi connectivity index (χ0n) is 17.2. The number of aromatic hydroxyl groups is 1. The van der Waals surface area contributed by atoms with Crippen LogP contribution >= 0.6 is 0 Å². The molecule has 0 bridgehead atoms. The minimum Gasteiger partial charge on any atom is -0.508 e. The molecule has 2 rings (SSSR count). The Morgan fingerprint density at radius 3 is 2.24 bits per heavy atom. The molecule has 142 valence electrons. The summed E-state index contributed by atoms with van der Waals surface area (Å²) in [4.78, 5) is 0. The van der Waals surface area contributed by atoms with Gasteiger partial charge >= 0.3 is 0 Å². The third-order valence-electron chi connectivity index (χ3n) is 5.87. The van der Waals surface area contributed by atoms with Gasteiger partial charge in [-0.1, -0.05) is 65.5 Å². The summed E-state index contributed by atoms with van der Waals surface area (Å²) < 4.78 is 0. The Morgan fingerprint density at radius 1 is 0.920 bits per heavy atom. The van der Waals surface area contributed by atoms with Crippen molar-refractivity contribution in [1.82, 2.24) is 0 Å². The first kappa shape index (κ1) is 20.3. The van der Waals surface area contributed by atoms with E-state index >= 15 is 0 Å². The van der Waals surface area contributed by atoms with E-state index in [1.54, 1.807) is 0 Å². The Balaban J connectivity index is 1.62. The van der Waals surface area contributed by atoms with Gasteiger partial charge < -0.3 is 5.11 Å². The predicted molar refractivity (Wildman–Crippen MR) is 109 cm³/mol. The number of phenols is 1. The largest absolute Gasteiger partial charge is 0.508 e. The molecule has 0 heterocycles. The molecule has 1 fully saturated rings. The van der Waals surface area contributed by atoms with Crippen molar-refractivity contribution in [2.75, 3.05) is 0 Å². The second-order valence-electron chi connectivity index (χ2n) is 9.96. The number of hydrogen-bond acceptors (Lipinski definition) is 1. The smallest absolute Gasteiger partial charge is 0.119 e. The van der Waals surface area contributed by atoms with Gasteiger partial charge in [0, 0.05) is 0 Å². The van der Waals surface area contributed by atoms with Crippen molar-refractivity contribution >= 4 is 0 Å². The zero-order chi connectivity index (χ0) is 18.3. The lowest BCUT2D eigenvalue weighted by Crippen LogP contribution is -2.04. The fourth-order valence-electron chi connectivity index (χ4n) is 3.64. The first-order chi connectivity index (χ1) is 11.8. The lowest BCUT2D eigenvalue weighted by molar-refractivity contribution is 0.358. The number of hydrogen-bond donors (Lipinski definition) is 1. The van der Waals surface area contributed by atoms with Crippen molar-refractivity contribution in [2.45, 2.75) is 105 Å². The van der Waals surface area contributed by atoms with Crippen LogP contribution in [0.1, 0.15) is 103 Å². The SMILES string of the molecule is CC(C)(C)CCCCCc1ccc(CCCCCC2(C)CC2)c(O)c1. The normalized spacial score (nSPS) is 16.2. The highest BCUT2D eigenvalue weighted by Crippen LogP contribution is 2.49. The van der Waals surface area contributed by atoms with Crippen LogP contribution in [0.15, 0.2) is 18.2 Å². The molecular weight excluding hydrogens is 304 g/mol. The predicted octanol–water partition coefficient (Wildman–Crippen LogP) is 7.44. The van der Waals surface area contributed by atoms with Gasteiger partial charge in [-0.25, -0.2) is 0 Å². The van der Waals surface area contributed by atoms with E-state index in [2.05, 4.69) is 39.8 Å². The fraction of sp³-hybridized carbons (Fsp3) is 0.750. The van der Waals surface area contributed by atoms with Crippen molar-refractivity contribution in [3.8, 4) is 5.75 Å². The Labute approximate surface area is 156 Å². The highest BCUT2D eigenvalue weighted by molar-refractivity contribution is 5.36. The minimum atomic E-state index is 0.455. The van der Waals surface area contributed by atoms with Crippen molar-refractivity contribution in [2.24, 2.45) is 10.8 Å². The van der Waals surface area contributed by atoms with Gasteiger partial charge in [0.1, 0.15) is 5.75 Å². The maximum Gasteiger partial charge on any atom is 0.119 e. The van der Waals surface area contributed by atoms with Crippen molar-refractivity contribution in [3.63, 3.8) is 0 Å². The van der Waals surface area contributed by atoms with E-state index in [4.69, 9.17) is 0 Å². The van der Waals surface area contributed by atoms with Crippen LogP contribution in [0, 0.1) is 10.8 Å².